The maximum atomic E-state index is 12.7. The maximum Gasteiger partial charge on any atom is 0.255 e. The number of rotatable bonds is 4. The number of nitrogen functional groups attached to an aromatic ring is 1. The van der Waals surface area contributed by atoms with Gasteiger partial charge >= 0.3 is 0 Å². The van der Waals surface area contributed by atoms with Crippen LogP contribution in [0.4, 0.5) is 5.69 Å². The largest absolute Gasteiger partial charge is 0.397 e. The number of amides is 1. The lowest BCUT2D eigenvalue weighted by molar-refractivity contribution is 0.0599. The minimum Gasteiger partial charge on any atom is -0.397 e. The quantitative estimate of drug-likeness (QED) is 0.757. The van der Waals surface area contributed by atoms with Crippen molar-refractivity contribution in [2.75, 3.05) is 31.9 Å². The van der Waals surface area contributed by atoms with Crippen molar-refractivity contribution >= 4 is 22.9 Å². The van der Waals surface area contributed by atoms with Gasteiger partial charge in [0, 0.05) is 43.4 Å². The van der Waals surface area contributed by atoms with Gasteiger partial charge in [0.25, 0.3) is 5.91 Å². The molecule has 2 aromatic heterocycles. The molecule has 1 unspecified atom stereocenters. The van der Waals surface area contributed by atoms with E-state index in [1.54, 1.807) is 29.8 Å². The molecule has 1 atom stereocenters. The van der Waals surface area contributed by atoms with E-state index in [2.05, 4.69) is 51.7 Å². The van der Waals surface area contributed by atoms with E-state index in [0.29, 0.717) is 24.3 Å². The van der Waals surface area contributed by atoms with Gasteiger partial charge in [-0.3, -0.25) is 14.7 Å². The van der Waals surface area contributed by atoms with E-state index in [1.807, 2.05) is 11.0 Å². The summed E-state index contributed by atoms with van der Waals surface area (Å²) in [5, 5.41) is 2.12. The van der Waals surface area contributed by atoms with E-state index in [4.69, 9.17) is 5.73 Å². The summed E-state index contributed by atoms with van der Waals surface area (Å²) >= 11 is 1.78. The molecule has 1 aliphatic rings. The zero-order chi connectivity index (χ0) is 18.6. The third-order valence-corrected chi connectivity index (χ3v) is 5.83. The zero-order valence-electron chi connectivity index (χ0n) is 15.0. The highest BCUT2D eigenvalue weighted by Crippen LogP contribution is 2.32. The van der Waals surface area contributed by atoms with E-state index in [9.17, 15) is 4.79 Å². The Bertz CT molecular complexity index is 890. The first-order valence-electron chi connectivity index (χ1n) is 9.04. The zero-order valence-corrected chi connectivity index (χ0v) is 15.8. The number of piperazine rings is 1. The summed E-state index contributed by atoms with van der Waals surface area (Å²) in [5.41, 5.74) is 8.13. The SMILES string of the molecule is Nc1cncc(C(=O)N2CCN(C(c3ccccc3)c3cccs3)CC2)c1. The van der Waals surface area contributed by atoms with E-state index in [0.717, 1.165) is 13.1 Å². The Morgan fingerprint density at radius 1 is 1.04 bits per heavy atom. The van der Waals surface area contributed by atoms with Crippen LogP contribution in [0.25, 0.3) is 0 Å². The molecular formula is C21H22N4OS. The van der Waals surface area contributed by atoms with Gasteiger partial charge in [-0.15, -0.1) is 11.3 Å². The molecule has 3 aromatic rings. The number of pyridine rings is 1. The lowest BCUT2D eigenvalue weighted by atomic mass is 10.0. The van der Waals surface area contributed by atoms with Gasteiger partial charge < -0.3 is 10.6 Å². The molecule has 1 fully saturated rings. The van der Waals surface area contributed by atoms with Crippen molar-refractivity contribution in [3.63, 3.8) is 0 Å². The molecule has 1 aromatic carbocycles. The first-order valence-corrected chi connectivity index (χ1v) is 9.92. The normalized spacial score (nSPS) is 16.2. The molecule has 4 rings (SSSR count). The lowest BCUT2D eigenvalue weighted by Gasteiger charge is -2.39. The average molecular weight is 379 g/mol. The standard InChI is InChI=1S/C21H22N4OS/c22-18-13-17(14-23-15-18)21(26)25-10-8-24(9-11-25)20(19-7-4-12-27-19)16-5-2-1-3-6-16/h1-7,12-15,20H,8-11,22H2. The highest BCUT2D eigenvalue weighted by molar-refractivity contribution is 7.10. The Kier molecular flexibility index (Phi) is 5.18. The smallest absolute Gasteiger partial charge is 0.255 e. The topological polar surface area (TPSA) is 62.5 Å². The van der Waals surface area contributed by atoms with Crippen LogP contribution in [0.5, 0.6) is 0 Å². The predicted octanol–water partition coefficient (Wildman–Crippen LogP) is 3.27. The molecule has 0 saturated carbocycles. The summed E-state index contributed by atoms with van der Waals surface area (Å²) in [4.78, 5) is 22.5. The van der Waals surface area contributed by atoms with Gasteiger partial charge in [0.1, 0.15) is 0 Å². The van der Waals surface area contributed by atoms with Crippen LogP contribution in [-0.2, 0) is 0 Å². The number of hydrogen-bond acceptors (Lipinski definition) is 5. The van der Waals surface area contributed by atoms with Gasteiger partial charge in [0.05, 0.1) is 17.3 Å². The summed E-state index contributed by atoms with van der Waals surface area (Å²) in [5.74, 6) is 0.00170. The molecule has 1 saturated heterocycles. The number of anilines is 1. The second-order valence-corrected chi connectivity index (χ2v) is 7.64. The van der Waals surface area contributed by atoms with Crippen molar-refractivity contribution in [2.45, 2.75) is 6.04 Å². The van der Waals surface area contributed by atoms with Crippen LogP contribution in [0.1, 0.15) is 26.8 Å². The molecule has 138 valence electrons. The fraction of sp³-hybridized carbons (Fsp3) is 0.238. The molecule has 0 bridgehead atoms. The number of aromatic nitrogens is 1. The monoisotopic (exact) mass is 378 g/mol. The molecular weight excluding hydrogens is 356 g/mol. The number of nitrogens with two attached hydrogens (primary N) is 1. The van der Waals surface area contributed by atoms with Crippen LogP contribution in [0, 0.1) is 0 Å². The van der Waals surface area contributed by atoms with E-state index >= 15 is 0 Å². The van der Waals surface area contributed by atoms with Crippen LogP contribution in [0.15, 0.2) is 66.3 Å². The maximum absolute atomic E-state index is 12.7. The van der Waals surface area contributed by atoms with Crippen LogP contribution in [0.3, 0.4) is 0 Å². The summed E-state index contributed by atoms with van der Waals surface area (Å²) in [6.45, 7) is 3.06. The Balaban J connectivity index is 1.49. The van der Waals surface area contributed by atoms with Crippen molar-refractivity contribution < 1.29 is 4.79 Å². The van der Waals surface area contributed by atoms with Gasteiger partial charge in [0.2, 0.25) is 0 Å². The molecule has 2 N–H and O–H groups in total. The van der Waals surface area contributed by atoms with Crippen molar-refractivity contribution in [1.82, 2.24) is 14.8 Å². The second kappa shape index (κ2) is 7.90. The van der Waals surface area contributed by atoms with Crippen LogP contribution >= 0.6 is 11.3 Å². The summed E-state index contributed by atoms with van der Waals surface area (Å²) in [7, 11) is 0. The van der Waals surface area contributed by atoms with E-state index in [-0.39, 0.29) is 11.9 Å². The van der Waals surface area contributed by atoms with Crippen LogP contribution < -0.4 is 5.73 Å². The summed E-state index contributed by atoms with van der Waals surface area (Å²) < 4.78 is 0. The molecule has 0 radical (unpaired) electrons. The minimum absolute atomic E-state index is 0.00170. The Morgan fingerprint density at radius 2 is 1.81 bits per heavy atom. The summed E-state index contributed by atoms with van der Waals surface area (Å²) in [6, 6.07) is 16.8. The molecule has 27 heavy (non-hydrogen) atoms. The molecule has 1 amide bonds. The molecule has 1 aliphatic heterocycles. The van der Waals surface area contributed by atoms with Crippen molar-refractivity contribution in [1.29, 1.82) is 0 Å². The highest BCUT2D eigenvalue weighted by atomic mass is 32.1. The molecule has 0 spiro atoms. The number of benzene rings is 1. The molecule has 0 aliphatic carbocycles. The first kappa shape index (κ1) is 17.7. The lowest BCUT2D eigenvalue weighted by Crippen LogP contribution is -2.49. The van der Waals surface area contributed by atoms with Crippen LogP contribution in [-0.4, -0.2) is 46.9 Å². The predicted molar refractivity (Wildman–Crippen MR) is 109 cm³/mol. The third kappa shape index (κ3) is 3.86. The fourth-order valence-electron chi connectivity index (χ4n) is 3.58. The number of nitrogens with zero attached hydrogens (tertiary/aromatic N) is 3. The number of hydrogen-bond donors (Lipinski definition) is 1. The highest BCUT2D eigenvalue weighted by Gasteiger charge is 2.29. The number of carbonyl (C=O) groups excluding carboxylic acids is 1. The molecule has 3 heterocycles. The van der Waals surface area contributed by atoms with E-state index < -0.39 is 0 Å². The number of carbonyl (C=O) groups is 1. The second-order valence-electron chi connectivity index (χ2n) is 6.66. The van der Waals surface area contributed by atoms with Crippen molar-refractivity contribution in [3.8, 4) is 0 Å². The fourth-order valence-corrected chi connectivity index (χ4v) is 4.46. The van der Waals surface area contributed by atoms with Gasteiger partial charge in [-0.05, 0) is 23.1 Å². The third-order valence-electron chi connectivity index (χ3n) is 4.90. The average Bonchev–Trinajstić information content (AvgIpc) is 3.23. The van der Waals surface area contributed by atoms with Gasteiger partial charge in [0.15, 0.2) is 0 Å². The molecule has 6 heteroatoms. The number of thiophene rings is 1. The Hall–Kier alpha value is -2.70. The first-order chi connectivity index (χ1) is 13.2. The summed E-state index contributed by atoms with van der Waals surface area (Å²) in [6.07, 6.45) is 3.14. The Morgan fingerprint density at radius 3 is 2.48 bits per heavy atom. The van der Waals surface area contributed by atoms with Crippen molar-refractivity contribution in [3.05, 3.63) is 82.3 Å². The minimum atomic E-state index is 0.00170. The van der Waals surface area contributed by atoms with E-state index in [1.165, 1.54) is 10.4 Å². The van der Waals surface area contributed by atoms with Gasteiger partial charge in [-0.2, -0.15) is 0 Å². The Labute approximate surface area is 163 Å². The van der Waals surface area contributed by atoms with Gasteiger partial charge in [-0.25, -0.2) is 0 Å². The van der Waals surface area contributed by atoms with Crippen molar-refractivity contribution in [2.24, 2.45) is 0 Å². The van der Waals surface area contributed by atoms with Gasteiger partial charge in [-0.1, -0.05) is 36.4 Å². The van der Waals surface area contributed by atoms with Crippen LogP contribution in [0.2, 0.25) is 0 Å². The molecule has 5 nitrogen and oxygen atoms in total.